The Bertz CT molecular complexity index is 278. The number of nitrogens with zero attached hydrogens (tertiary/aromatic N) is 1. The van der Waals surface area contributed by atoms with Gasteiger partial charge in [0.2, 0.25) is 0 Å². The molecule has 0 spiro atoms. The first-order valence-electron chi connectivity index (χ1n) is 5.39. The molecule has 78 valence electrons. The zero-order chi connectivity index (χ0) is 10.8. The third-order valence-electron chi connectivity index (χ3n) is 3.07. The van der Waals surface area contributed by atoms with Crippen LogP contribution in [0.5, 0.6) is 0 Å². The maximum Gasteiger partial charge on any atom is 0.0391 e. The van der Waals surface area contributed by atoms with E-state index in [4.69, 9.17) is 0 Å². The third kappa shape index (κ3) is 2.57. The summed E-state index contributed by atoms with van der Waals surface area (Å²) in [5.41, 5.74) is 2.64. The second kappa shape index (κ2) is 4.12. The average molecular weight is 191 g/mol. The number of hydrogen-bond donors (Lipinski definition) is 0. The fraction of sp³-hybridized carbons (Fsp3) is 0.615. The van der Waals surface area contributed by atoms with Crippen LogP contribution in [0.15, 0.2) is 28.9 Å². The van der Waals surface area contributed by atoms with Gasteiger partial charge in [-0.25, -0.2) is 0 Å². The van der Waals surface area contributed by atoms with E-state index in [1.807, 2.05) is 6.21 Å². The minimum absolute atomic E-state index is 0.312. The molecule has 1 saturated carbocycles. The van der Waals surface area contributed by atoms with Crippen LogP contribution in [0.25, 0.3) is 0 Å². The molecular formula is C13H21N. The third-order valence-corrected chi connectivity index (χ3v) is 3.07. The maximum atomic E-state index is 4.46. The molecule has 0 unspecified atom stereocenters. The van der Waals surface area contributed by atoms with Crippen LogP contribution >= 0.6 is 0 Å². The van der Waals surface area contributed by atoms with Crippen molar-refractivity contribution >= 4 is 6.21 Å². The van der Waals surface area contributed by atoms with Gasteiger partial charge in [0, 0.05) is 17.3 Å². The molecule has 1 aliphatic rings. The molecule has 0 atom stereocenters. The molecule has 1 fully saturated rings. The van der Waals surface area contributed by atoms with Crippen LogP contribution in [-0.4, -0.2) is 6.21 Å². The molecule has 0 aromatic heterocycles. The lowest BCUT2D eigenvalue weighted by Crippen LogP contribution is -1.98. The van der Waals surface area contributed by atoms with E-state index in [0.29, 0.717) is 11.3 Å². The van der Waals surface area contributed by atoms with Gasteiger partial charge in [-0.05, 0) is 31.3 Å². The maximum absolute atomic E-state index is 4.46. The Labute approximate surface area is 87.6 Å². The highest BCUT2D eigenvalue weighted by Crippen LogP contribution is 2.51. The first-order chi connectivity index (χ1) is 6.49. The van der Waals surface area contributed by atoms with Crippen LogP contribution in [0.1, 0.15) is 40.5 Å². The van der Waals surface area contributed by atoms with Crippen molar-refractivity contribution in [1.29, 1.82) is 0 Å². The molecule has 1 nitrogen and oxygen atoms in total. The summed E-state index contributed by atoms with van der Waals surface area (Å²) < 4.78 is 0. The zero-order valence-electron chi connectivity index (χ0n) is 9.80. The molecule has 0 aromatic rings. The van der Waals surface area contributed by atoms with Crippen molar-refractivity contribution in [3.63, 3.8) is 0 Å². The average Bonchev–Trinajstić information content (AvgIpc) is 2.85. The Hall–Kier alpha value is -0.850. The van der Waals surface area contributed by atoms with Gasteiger partial charge >= 0.3 is 0 Å². The van der Waals surface area contributed by atoms with Gasteiger partial charge in [-0.2, -0.15) is 0 Å². The van der Waals surface area contributed by atoms with Crippen LogP contribution in [0.3, 0.4) is 0 Å². The van der Waals surface area contributed by atoms with Gasteiger partial charge in [0.1, 0.15) is 0 Å². The number of aliphatic imine (C=N–C) groups is 1. The summed E-state index contributed by atoms with van der Waals surface area (Å²) in [7, 11) is 0. The Morgan fingerprint density at radius 3 is 2.36 bits per heavy atom. The van der Waals surface area contributed by atoms with Gasteiger partial charge in [-0.1, -0.05) is 33.4 Å². The summed E-state index contributed by atoms with van der Waals surface area (Å²) in [5.74, 6) is 0.545. The van der Waals surface area contributed by atoms with Crippen molar-refractivity contribution in [2.45, 2.75) is 40.5 Å². The van der Waals surface area contributed by atoms with E-state index in [1.54, 1.807) is 0 Å². The molecule has 14 heavy (non-hydrogen) atoms. The Morgan fingerprint density at radius 2 is 2.00 bits per heavy atom. The van der Waals surface area contributed by atoms with Crippen LogP contribution in [0, 0.1) is 11.3 Å². The first kappa shape index (κ1) is 11.2. The number of allylic oxidation sites excluding steroid dienone is 3. The van der Waals surface area contributed by atoms with Gasteiger partial charge in [-0.3, -0.25) is 4.99 Å². The molecule has 0 bridgehead atoms. The van der Waals surface area contributed by atoms with Crippen molar-refractivity contribution in [2.24, 2.45) is 16.3 Å². The highest BCUT2D eigenvalue weighted by molar-refractivity contribution is 5.79. The molecule has 0 heterocycles. The molecule has 0 N–H and O–H groups in total. The lowest BCUT2D eigenvalue weighted by molar-refractivity contribution is 0.683. The van der Waals surface area contributed by atoms with E-state index in [2.05, 4.69) is 45.3 Å². The van der Waals surface area contributed by atoms with Gasteiger partial charge in [0.05, 0.1) is 0 Å². The summed E-state index contributed by atoms with van der Waals surface area (Å²) in [5, 5.41) is 0. The predicted molar refractivity (Wildman–Crippen MR) is 63.6 cm³/mol. The molecule has 0 amide bonds. The van der Waals surface area contributed by atoms with Gasteiger partial charge < -0.3 is 0 Å². The van der Waals surface area contributed by atoms with Crippen molar-refractivity contribution in [3.05, 3.63) is 23.9 Å². The van der Waals surface area contributed by atoms with Gasteiger partial charge in [-0.15, -0.1) is 0 Å². The van der Waals surface area contributed by atoms with E-state index in [1.165, 1.54) is 18.4 Å². The Balaban J connectivity index is 2.59. The standard InChI is InChI=1S/C13H21N/c1-6-12(10(2)3)9-14-11(4)13(5)7-8-13/h6,9-10H,4,7-8H2,1-3,5H3/b12-6+,14-9?. The predicted octanol–water partition coefficient (Wildman–Crippen LogP) is 3.97. The SMILES string of the molecule is C=C(N=C/C(=C\C)C(C)C)C1(C)CC1. The topological polar surface area (TPSA) is 12.4 Å². The molecular weight excluding hydrogens is 170 g/mol. The largest absolute Gasteiger partial charge is 0.261 e. The lowest BCUT2D eigenvalue weighted by Gasteiger charge is -2.08. The second-order valence-corrected chi connectivity index (χ2v) is 4.71. The monoisotopic (exact) mass is 191 g/mol. The number of hydrogen-bond acceptors (Lipinski definition) is 1. The first-order valence-corrected chi connectivity index (χ1v) is 5.39. The fourth-order valence-corrected chi connectivity index (χ4v) is 1.34. The molecule has 1 rings (SSSR count). The van der Waals surface area contributed by atoms with Crippen molar-refractivity contribution in [2.75, 3.05) is 0 Å². The zero-order valence-corrected chi connectivity index (χ0v) is 9.80. The molecule has 0 aliphatic heterocycles. The van der Waals surface area contributed by atoms with Gasteiger partial charge in [0.25, 0.3) is 0 Å². The molecule has 0 radical (unpaired) electrons. The smallest absolute Gasteiger partial charge is 0.0391 e. The highest BCUT2D eigenvalue weighted by atomic mass is 14.8. The van der Waals surface area contributed by atoms with E-state index in [0.717, 1.165) is 5.70 Å². The molecule has 0 aromatic carbocycles. The quantitative estimate of drug-likeness (QED) is 0.596. The van der Waals surface area contributed by atoms with E-state index in [-0.39, 0.29) is 0 Å². The summed E-state index contributed by atoms with van der Waals surface area (Å²) in [4.78, 5) is 4.46. The fourth-order valence-electron chi connectivity index (χ4n) is 1.34. The Kier molecular flexibility index (Phi) is 3.30. The Morgan fingerprint density at radius 1 is 1.43 bits per heavy atom. The van der Waals surface area contributed by atoms with Crippen molar-refractivity contribution < 1.29 is 0 Å². The summed E-state index contributed by atoms with van der Waals surface area (Å²) in [6.45, 7) is 12.7. The molecule has 1 aliphatic carbocycles. The second-order valence-electron chi connectivity index (χ2n) is 4.71. The van der Waals surface area contributed by atoms with Crippen LogP contribution in [-0.2, 0) is 0 Å². The van der Waals surface area contributed by atoms with E-state index >= 15 is 0 Å². The summed E-state index contributed by atoms with van der Waals surface area (Å²) >= 11 is 0. The van der Waals surface area contributed by atoms with E-state index in [9.17, 15) is 0 Å². The lowest BCUT2D eigenvalue weighted by atomic mass is 10.0. The van der Waals surface area contributed by atoms with E-state index < -0.39 is 0 Å². The summed E-state index contributed by atoms with van der Waals surface area (Å²) in [6.07, 6.45) is 6.58. The molecule has 1 heteroatoms. The van der Waals surface area contributed by atoms with Crippen LogP contribution in [0.2, 0.25) is 0 Å². The minimum atomic E-state index is 0.312. The van der Waals surface area contributed by atoms with Crippen LogP contribution < -0.4 is 0 Å². The number of rotatable bonds is 4. The normalized spacial score (nSPS) is 20.5. The van der Waals surface area contributed by atoms with Crippen molar-refractivity contribution in [3.8, 4) is 0 Å². The van der Waals surface area contributed by atoms with Crippen LogP contribution in [0.4, 0.5) is 0 Å². The summed E-state index contributed by atoms with van der Waals surface area (Å²) in [6, 6.07) is 0. The minimum Gasteiger partial charge on any atom is -0.261 e. The van der Waals surface area contributed by atoms with Crippen molar-refractivity contribution in [1.82, 2.24) is 0 Å². The van der Waals surface area contributed by atoms with Gasteiger partial charge in [0.15, 0.2) is 0 Å². The molecule has 0 saturated heterocycles. The highest BCUT2D eigenvalue weighted by Gasteiger charge is 2.40.